The van der Waals surface area contributed by atoms with E-state index in [4.69, 9.17) is 10.5 Å². The molecule has 0 aromatic heterocycles. The lowest BCUT2D eigenvalue weighted by molar-refractivity contribution is -0.147. The molecule has 0 aliphatic heterocycles. The number of ether oxygens (including phenoxy) is 1. The van der Waals surface area contributed by atoms with E-state index in [0.717, 1.165) is 11.1 Å². The molecule has 0 aliphatic rings. The maximum Gasteiger partial charge on any atom is 0.308 e. The highest BCUT2D eigenvalue weighted by atomic mass is 16.5. The molecule has 0 spiro atoms. The van der Waals surface area contributed by atoms with Crippen molar-refractivity contribution in [3.05, 3.63) is 60.2 Å². The van der Waals surface area contributed by atoms with Crippen LogP contribution in [-0.4, -0.2) is 30.4 Å². The van der Waals surface area contributed by atoms with Crippen molar-refractivity contribution in [2.75, 3.05) is 6.61 Å². The predicted octanol–water partition coefficient (Wildman–Crippen LogP) is 2.53. The van der Waals surface area contributed by atoms with Crippen molar-refractivity contribution in [2.45, 2.75) is 26.3 Å². The van der Waals surface area contributed by atoms with Crippen molar-refractivity contribution in [2.24, 2.45) is 11.7 Å². The first-order valence-corrected chi connectivity index (χ1v) is 8.84. The maximum atomic E-state index is 12.4. The molecule has 0 heterocycles. The molecule has 2 aromatic carbocycles. The number of amides is 2. The molecular formula is C21H24N2O4. The Morgan fingerprint density at radius 2 is 1.59 bits per heavy atom. The van der Waals surface area contributed by atoms with E-state index in [9.17, 15) is 14.4 Å². The quantitative estimate of drug-likeness (QED) is 0.700. The predicted molar refractivity (Wildman–Crippen MR) is 103 cm³/mol. The molecule has 27 heavy (non-hydrogen) atoms. The van der Waals surface area contributed by atoms with Crippen LogP contribution in [0.15, 0.2) is 54.6 Å². The first-order valence-electron chi connectivity index (χ1n) is 8.84. The molecule has 0 aliphatic carbocycles. The van der Waals surface area contributed by atoms with Crippen molar-refractivity contribution >= 4 is 17.8 Å². The Balaban J connectivity index is 2.04. The van der Waals surface area contributed by atoms with Crippen molar-refractivity contribution < 1.29 is 19.1 Å². The van der Waals surface area contributed by atoms with Crippen LogP contribution in [0.5, 0.6) is 0 Å². The lowest BCUT2D eigenvalue weighted by Crippen LogP contribution is -2.46. The maximum absolute atomic E-state index is 12.4. The average Bonchev–Trinajstić information content (AvgIpc) is 2.68. The number of hydrogen-bond acceptors (Lipinski definition) is 4. The van der Waals surface area contributed by atoms with Crippen LogP contribution in [0, 0.1) is 5.92 Å². The zero-order valence-corrected chi connectivity index (χ0v) is 15.5. The third-order valence-corrected chi connectivity index (χ3v) is 4.18. The van der Waals surface area contributed by atoms with Crippen LogP contribution in [0.25, 0.3) is 11.1 Å². The fourth-order valence-electron chi connectivity index (χ4n) is 2.67. The first kappa shape index (κ1) is 20.2. The average molecular weight is 368 g/mol. The fourth-order valence-corrected chi connectivity index (χ4v) is 2.67. The Kier molecular flexibility index (Phi) is 7.11. The van der Waals surface area contributed by atoms with Gasteiger partial charge in [-0.05, 0) is 36.6 Å². The van der Waals surface area contributed by atoms with Gasteiger partial charge in [0, 0.05) is 5.56 Å². The van der Waals surface area contributed by atoms with Crippen LogP contribution in [0.1, 0.15) is 30.6 Å². The number of carbonyl (C=O) groups excluding carboxylic acids is 3. The third-order valence-electron chi connectivity index (χ3n) is 4.18. The topological polar surface area (TPSA) is 98.5 Å². The summed E-state index contributed by atoms with van der Waals surface area (Å²) in [5.41, 5.74) is 7.81. The van der Waals surface area contributed by atoms with Crippen molar-refractivity contribution in [1.82, 2.24) is 5.32 Å². The van der Waals surface area contributed by atoms with Gasteiger partial charge in [-0.25, -0.2) is 0 Å². The van der Waals surface area contributed by atoms with Gasteiger partial charge in [0.05, 0.1) is 12.5 Å². The van der Waals surface area contributed by atoms with Crippen LogP contribution < -0.4 is 11.1 Å². The van der Waals surface area contributed by atoms with E-state index in [1.165, 1.54) is 0 Å². The summed E-state index contributed by atoms with van der Waals surface area (Å²) < 4.78 is 4.93. The second-order valence-electron chi connectivity index (χ2n) is 6.26. The molecule has 2 rings (SSSR count). The summed E-state index contributed by atoms with van der Waals surface area (Å²) in [6.07, 6.45) is 0.0853. The summed E-state index contributed by atoms with van der Waals surface area (Å²) in [6.45, 7) is 3.59. The summed E-state index contributed by atoms with van der Waals surface area (Å²) in [4.78, 5) is 35.9. The van der Waals surface area contributed by atoms with Gasteiger partial charge in [0.2, 0.25) is 5.91 Å². The van der Waals surface area contributed by atoms with Crippen molar-refractivity contribution in [3.8, 4) is 11.1 Å². The molecule has 0 bridgehead atoms. The summed E-state index contributed by atoms with van der Waals surface area (Å²) in [7, 11) is 0. The zero-order valence-electron chi connectivity index (χ0n) is 15.5. The molecule has 3 N–H and O–H groups in total. The summed E-state index contributed by atoms with van der Waals surface area (Å²) >= 11 is 0. The normalized spacial score (nSPS) is 12.7. The molecule has 0 saturated carbocycles. The summed E-state index contributed by atoms with van der Waals surface area (Å²) in [6, 6.07) is 15.9. The standard InChI is InChI=1S/C21H24N2O4/c1-3-27-21(26)14(2)13-18(19(22)24)23-20(25)17-11-9-16(10-12-17)15-7-5-4-6-8-15/h4-12,14,18H,3,13H2,1-2H3,(H2,22,24)(H,23,25)/t14-,18+/m0/s1. The van der Waals surface area contributed by atoms with Gasteiger partial charge in [0.1, 0.15) is 6.04 Å². The Hall–Kier alpha value is -3.15. The molecule has 142 valence electrons. The second-order valence-corrected chi connectivity index (χ2v) is 6.26. The van der Waals surface area contributed by atoms with Crippen LogP contribution in [0.3, 0.4) is 0 Å². The van der Waals surface area contributed by atoms with Gasteiger partial charge in [-0.1, -0.05) is 49.4 Å². The molecule has 0 saturated heterocycles. The third kappa shape index (κ3) is 5.67. The second kappa shape index (κ2) is 9.52. The van der Waals surface area contributed by atoms with Crippen molar-refractivity contribution in [3.63, 3.8) is 0 Å². The van der Waals surface area contributed by atoms with E-state index in [1.54, 1.807) is 26.0 Å². The van der Waals surface area contributed by atoms with Gasteiger partial charge in [-0.2, -0.15) is 0 Å². The molecule has 6 nitrogen and oxygen atoms in total. The lowest BCUT2D eigenvalue weighted by atomic mass is 10.0. The monoisotopic (exact) mass is 368 g/mol. The smallest absolute Gasteiger partial charge is 0.308 e. The molecule has 0 unspecified atom stereocenters. The van der Waals surface area contributed by atoms with E-state index in [2.05, 4.69) is 5.32 Å². The minimum absolute atomic E-state index is 0.0853. The van der Waals surface area contributed by atoms with Crippen LogP contribution in [0.4, 0.5) is 0 Å². The molecule has 0 fully saturated rings. The Labute approximate surface area is 158 Å². The molecule has 2 atom stereocenters. The lowest BCUT2D eigenvalue weighted by Gasteiger charge is -2.19. The molecule has 2 aromatic rings. The number of hydrogen-bond donors (Lipinski definition) is 2. The highest BCUT2D eigenvalue weighted by molar-refractivity contribution is 5.97. The first-order chi connectivity index (χ1) is 12.9. The molecule has 0 radical (unpaired) electrons. The number of rotatable bonds is 8. The van der Waals surface area contributed by atoms with Crippen LogP contribution in [-0.2, 0) is 14.3 Å². The van der Waals surface area contributed by atoms with E-state index in [-0.39, 0.29) is 13.0 Å². The Bertz CT molecular complexity index is 788. The van der Waals surface area contributed by atoms with E-state index < -0.39 is 29.7 Å². The largest absolute Gasteiger partial charge is 0.466 e. The highest BCUT2D eigenvalue weighted by Gasteiger charge is 2.25. The number of benzene rings is 2. The highest BCUT2D eigenvalue weighted by Crippen LogP contribution is 2.19. The van der Waals surface area contributed by atoms with E-state index >= 15 is 0 Å². The number of carbonyl (C=O) groups is 3. The number of primary amides is 1. The minimum atomic E-state index is -0.953. The molecule has 2 amide bonds. The number of nitrogens with two attached hydrogens (primary N) is 1. The van der Waals surface area contributed by atoms with Gasteiger partial charge in [0.25, 0.3) is 5.91 Å². The van der Waals surface area contributed by atoms with Gasteiger partial charge >= 0.3 is 5.97 Å². The molecular weight excluding hydrogens is 344 g/mol. The van der Waals surface area contributed by atoms with Crippen LogP contribution >= 0.6 is 0 Å². The van der Waals surface area contributed by atoms with Gasteiger partial charge in [0.15, 0.2) is 0 Å². The van der Waals surface area contributed by atoms with Gasteiger partial charge < -0.3 is 15.8 Å². The SMILES string of the molecule is CCOC(=O)[C@@H](C)C[C@@H](NC(=O)c1ccc(-c2ccccc2)cc1)C(N)=O. The Morgan fingerprint density at radius 1 is 1.00 bits per heavy atom. The van der Waals surface area contributed by atoms with Crippen molar-refractivity contribution in [1.29, 1.82) is 0 Å². The summed E-state index contributed by atoms with van der Waals surface area (Å²) in [5.74, 6) is -2.09. The summed E-state index contributed by atoms with van der Waals surface area (Å²) in [5, 5.41) is 2.60. The van der Waals surface area contributed by atoms with E-state index in [0.29, 0.717) is 5.56 Å². The van der Waals surface area contributed by atoms with Gasteiger partial charge in [-0.15, -0.1) is 0 Å². The zero-order chi connectivity index (χ0) is 19.8. The molecule has 6 heteroatoms. The number of nitrogens with one attached hydrogen (secondary N) is 1. The fraction of sp³-hybridized carbons (Fsp3) is 0.286. The van der Waals surface area contributed by atoms with Gasteiger partial charge in [-0.3, -0.25) is 14.4 Å². The minimum Gasteiger partial charge on any atom is -0.466 e. The van der Waals surface area contributed by atoms with Crippen LogP contribution in [0.2, 0.25) is 0 Å². The number of esters is 1. The van der Waals surface area contributed by atoms with E-state index in [1.807, 2.05) is 42.5 Å². The Morgan fingerprint density at radius 3 is 2.15 bits per heavy atom.